The lowest BCUT2D eigenvalue weighted by Crippen LogP contribution is -2.14. The first kappa shape index (κ1) is 16.6. The fourth-order valence-electron chi connectivity index (χ4n) is 2.00. The predicted molar refractivity (Wildman–Crippen MR) is 83.5 cm³/mol. The van der Waals surface area contributed by atoms with Gasteiger partial charge in [-0.25, -0.2) is 0 Å². The van der Waals surface area contributed by atoms with Crippen molar-refractivity contribution >= 4 is 23.2 Å². The van der Waals surface area contributed by atoms with Gasteiger partial charge in [0.2, 0.25) is 0 Å². The van der Waals surface area contributed by atoms with Crippen molar-refractivity contribution in [1.29, 1.82) is 0 Å². The number of benzene rings is 1. The number of unbranched alkanes of at least 4 members (excludes halogenated alkanes) is 4. The zero-order valence-electron chi connectivity index (χ0n) is 11.8. The van der Waals surface area contributed by atoms with Gasteiger partial charge in [0.25, 0.3) is 0 Å². The van der Waals surface area contributed by atoms with E-state index in [1.54, 1.807) is 7.11 Å². The van der Waals surface area contributed by atoms with Crippen molar-refractivity contribution in [3.05, 3.63) is 27.7 Å². The molecule has 0 spiro atoms. The van der Waals surface area contributed by atoms with E-state index in [0.717, 1.165) is 18.7 Å². The molecule has 0 aliphatic rings. The van der Waals surface area contributed by atoms with Crippen LogP contribution in [0.5, 0.6) is 5.75 Å². The molecule has 0 fully saturated rings. The Hall–Kier alpha value is -0.440. The molecule has 0 amide bonds. The predicted octanol–water partition coefficient (Wildman–Crippen LogP) is 5.06. The van der Waals surface area contributed by atoms with E-state index < -0.39 is 0 Å². The average molecular weight is 304 g/mol. The minimum atomic E-state index is 0.548. The Bertz CT molecular complexity index is 359. The number of methoxy groups -OCH3 is 1. The Balaban J connectivity index is 2.30. The van der Waals surface area contributed by atoms with Crippen LogP contribution in [0.15, 0.2) is 12.1 Å². The molecule has 1 aromatic carbocycles. The van der Waals surface area contributed by atoms with Gasteiger partial charge in [-0.15, -0.1) is 0 Å². The molecule has 108 valence electrons. The number of ether oxygens (including phenoxy) is 1. The third-order valence-corrected chi connectivity index (χ3v) is 3.61. The molecular weight excluding hydrogens is 281 g/mol. The van der Waals surface area contributed by atoms with Crippen molar-refractivity contribution < 1.29 is 4.74 Å². The van der Waals surface area contributed by atoms with Gasteiger partial charge in [-0.05, 0) is 30.7 Å². The van der Waals surface area contributed by atoms with E-state index >= 15 is 0 Å². The lowest BCUT2D eigenvalue weighted by molar-refractivity contribution is 0.415. The molecule has 0 radical (unpaired) electrons. The maximum atomic E-state index is 6.09. The summed E-state index contributed by atoms with van der Waals surface area (Å²) in [5.41, 5.74) is 1.09. The molecule has 0 bridgehead atoms. The topological polar surface area (TPSA) is 21.3 Å². The highest BCUT2D eigenvalue weighted by atomic mass is 35.5. The molecule has 0 heterocycles. The summed E-state index contributed by atoms with van der Waals surface area (Å²) in [6, 6.07) is 3.80. The number of hydrogen-bond donors (Lipinski definition) is 1. The summed E-state index contributed by atoms with van der Waals surface area (Å²) in [5, 5.41) is 4.54. The second-order valence-corrected chi connectivity index (χ2v) is 5.50. The van der Waals surface area contributed by atoms with Crippen LogP contribution in [0.2, 0.25) is 10.0 Å². The molecule has 1 aromatic rings. The minimum Gasteiger partial charge on any atom is -0.494 e. The zero-order chi connectivity index (χ0) is 14.1. The van der Waals surface area contributed by atoms with Crippen LogP contribution in [0.25, 0.3) is 0 Å². The largest absolute Gasteiger partial charge is 0.494 e. The average Bonchev–Trinajstić information content (AvgIpc) is 2.37. The third kappa shape index (κ3) is 6.03. The second kappa shape index (κ2) is 9.46. The van der Waals surface area contributed by atoms with Crippen molar-refractivity contribution in [1.82, 2.24) is 5.32 Å². The highest BCUT2D eigenvalue weighted by Gasteiger charge is 2.08. The van der Waals surface area contributed by atoms with E-state index in [1.165, 1.54) is 32.1 Å². The summed E-state index contributed by atoms with van der Waals surface area (Å²) in [4.78, 5) is 0. The van der Waals surface area contributed by atoms with Crippen molar-refractivity contribution in [2.45, 2.75) is 45.6 Å². The molecular formula is C15H23Cl2NO. The van der Waals surface area contributed by atoms with Gasteiger partial charge in [-0.2, -0.15) is 0 Å². The van der Waals surface area contributed by atoms with Crippen LogP contribution in [0, 0.1) is 0 Å². The van der Waals surface area contributed by atoms with Gasteiger partial charge in [-0.3, -0.25) is 0 Å². The summed E-state index contributed by atoms with van der Waals surface area (Å²) in [6.45, 7) is 4.05. The smallest absolute Gasteiger partial charge is 0.156 e. The lowest BCUT2D eigenvalue weighted by Gasteiger charge is -2.09. The summed E-state index contributed by atoms with van der Waals surface area (Å²) in [6.07, 6.45) is 6.47. The third-order valence-electron chi connectivity index (χ3n) is 3.05. The minimum absolute atomic E-state index is 0.548. The Morgan fingerprint density at radius 2 is 1.68 bits per heavy atom. The quantitative estimate of drug-likeness (QED) is 0.644. The fraction of sp³-hybridized carbons (Fsp3) is 0.600. The zero-order valence-corrected chi connectivity index (χ0v) is 13.3. The maximum absolute atomic E-state index is 6.09. The molecule has 0 aromatic heterocycles. The number of hydrogen-bond acceptors (Lipinski definition) is 2. The standard InChI is InChI=1S/C15H23Cl2NO/c1-3-4-5-6-7-8-18-11-12-9-13(16)15(19-2)14(17)10-12/h9-10,18H,3-8,11H2,1-2H3. The second-order valence-electron chi connectivity index (χ2n) is 4.68. The van der Waals surface area contributed by atoms with Crippen LogP contribution in [0.3, 0.4) is 0 Å². The van der Waals surface area contributed by atoms with Gasteiger partial charge >= 0.3 is 0 Å². The molecule has 19 heavy (non-hydrogen) atoms. The Morgan fingerprint density at radius 3 is 2.26 bits per heavy atom. The molecule has 0 aliphatic carbocycles. The highest BCUT2D eigenvalue weighted by Crippen LogP contribution is 2.33. The molecule has 0 unspecified atom stereocenters. The SMILES string of the molecule is CCCCCCCNCc1cc(Cl)c(OC)c(Cl)c1. The normalized spacial score (nSPS) is 10.7. The van der Waals surface area contributed by atoms with Gasteiger partial charge in [-0.1, -0.05) is 55.8 Å². The van der Waals surface area contributed by atoms with Gasteiger partial charge in [0.15, 0.2) is 5.75 Å². The van der Waals surface area contributed by atoms with E-state index in [-0.39, 0.29) is 0 Å². The van der Waals surface area contributed by atoms with Crippen LogP contribution in [0.1, 0.15) is 44.6 Å². The van der Waals surface area contributed by atoms with E-state index in [4.69, 9.17) is 27.9 Å². The van der Waals surface area contributed by atoms with Crippen molar-refractivity contribution in [2.75, 3.05) is 13.7 Å². The first-order chi connectivity index (χ1) is 9.19. The Kier molecular flexibility index (Phi) is 8.27. The van der Waals surface area contributed by atoms with Gasteiger partial charge in [0.1, 0.15) is 0 Å². The van der Waals surface area contributed by atoms with E-state index in [9.17, 15) is 0 Å². The Morgan fingerprint density at radius 1 is 1.05 bits per heavy atom. The van der Waals surface area contributed by atoms with Crippen molar-refractivity contribution in [2.24, 2.45) is 0 Å². The number of halogens is 2. The summed E-state index contributed by atoms with van der Waals surface area (Å²) in [7, 11) is 1.57. The van der Waals surface area contributed by atoms with Crippen LogP contribution in [-0.4, -0.2) is 13.7 Å². The van der Waals surface area contributed by atoms with Gasteiger partial charge < -0.3 is 10.1 Å². The molecule has 0 saturated carbocycles. The molecule has 2 nitrogen and oxygen atoms in total. The van der Waals surface area contributed by atoms with Crippen LogP contribution in [0.4, 0.5) is 0 Å². The molecule has 0 saturated heterocycles. The van der Waals surface area contributed by atoms with Crippen LogP contribution >= 0.6 is 23.2 Å². The number of nitrogens with one attached hydrogen (secondary N) is 1. The van der Waals surface area contributed by atoms with Gasteiger partial charge in [0, 0.05) is 6.54 Å². The highest BCUT2D eigenvalue weighted by molar-refractivity contribution is 6.37. The van der Waals surface area contributed by atoms with Crippen LogP contribution < -0.4 is 10.1 Å². The van der Waals surface area contributed by atoms with Crippen molar-refractivity contribution in [3.63, 3.8) is 0 Å². The molecule has 1 rings (SSSR count). The van der Waals surface area contributed by atoms with E-state index in [0.29, 0.717) is 15.8 Å². The van der Waals surface area contributed by atoms with Crippen molar-refractivity contribution in [3.8, 4) is 5.75 Å². The molecule has 4 heteroatoms. The Labute approximate surface area is 126 Å². The molecule has 0 atom stereocenters. The lowest BCUT2D eigenvalue weighted by atomic mass is 10.1. The summed E-state index contributed by atoms with van der Waals surface area (Å²) >= 11 is 12.2. The van der Waals surface area contributed by atoms with Gasteiger partial charge in [0.05, 0.1) is 17.2 Å². The maximum Gasteiger partial charge on any atom is 0.156 e. The first-order valence-electron chi connectivity index (χ1n) is 6.91. The fourth-order valence-corrected chi connectivity index (χ4v) is 2.68. The monoisotopic (exact) mass is 303 g/mol. The molecule has 1 N–H and O–H groups in total. The number of rotatable bonds is 9. The first-order valence-corrected chi connectivity index (χ1v) is 7.67. The van der Waals surface area contributed by atoms with E-state index in [1.807, 2.05) is 12.1 Å². The van der Waals surface area contributed by atoms with Crippen LogP contribution in [-0.2, 0) is 6.54 Å². The summed E-state index contributed by atoms with van der Waals surface area (Å²) in [5.74, 6) is 0.548. The van der Waals surface area contributed by atoms with E-state index in [2.05, 4.69) is 12.2 Å². The summed E-state index contributed by atoms with van der Waals surface area (Å²) < 4.78 is 5.13. The molecule has 0 aliphatic heterocycles.